The molecule has 2 aromatic rings. The van der Waals surface area contributed by atoms with Crippen molar-refractivity contribution in [1.29, 1.82) is 0 Å². The van der Waals surface area contributed by atoms with Gasteiger partial charge in [-0.1, -0.05) is 48.0 Å². The predicted molar refractivity (Wildman–Crippen MR) is 82.7 cm³/mol. The highest BCUT2D eigenvalue weighted by Gasteiger charge is 2.22. The number of carboxylic acids is 1. The van der Waals surface area contributed by atoms with Gasteiger partial charge >= 0.3 is 0 Å². The second kappa shape index (κ2) is 7.29. The number of halogens is 1. The Hall–Kier alpha value is -2.05. The van der Waals surface area contributed by atoms with E-state index in [1.54, 1.807) is 42.5 Å². The molecular weight excluding hydrogens is 326 g/mol. The maximum Gasteiger partial charge on any atom is 0.220 e. The van der Waals surface area contributed by atoms with Crippen molar-refractivity contribution in [2.24, 2.45) is 0 Å². The van der Waals surface area contributed by atoms with Crippen LogP contribution in [0.15, 0.2) is 53.4 Å². The van der Waals surface area contributed by atoms with Crippen LogP contribution in [0.5, 0.6) is 0 Å². The molecule has 0 N–H and O–H groups in total. The van der Waals surface area contributed by atoms with Gasteiger partial charge in [0, 0.05) is 20.4 Å². The van der Waals surface area contributed by atoms with Gasteiger partial charge in [-0.2, -0.15) is 0 Å². The lowest BCUT2D eigenvalue weighted by Gasteiger charge is -2.17. The maximum atomic E-state index is 11.1. The van der Waals surface area contributed by atoms with Gasteiger partial charge in [0.2, 0.25) is 6.54 Å². The third-order valence-corrected chi connectivity index (χ3v) is 4.58. The second-order valence-electron chi connectivity index (χ2n) is 4.43. The molecule has 0 aliphatic carbocycles. The summed E-state index contributed by atoms with van der Waals surface area (Å²) in [6, 6.07) is 13.1. The fraction of sp³-hybridized carbons (Fsp3) is 0.133. The number of thioether (sulfide) groups is 1. The van der Waals surface area contributed by atoms with Gasteiger partial charge in [0.15, 0.2) is 0 Å². The van der Waals surface area contributed by atoms with Crippen LogP contribution in [0.1, 0.15) is 21.2 Å². The smallest absolute Gasteiger partial charge is 0.220 e. The van der Waals surface area contributed by atoms with Crippen molar-refractivity contribution in [3.8, 4) is 0 Å². The first-order chi connectivity index (χ1) is 10.5. The largest absolute Gasteiger partial charge is 0.545 e. The zero-order valence-electron chi connectivity index (χ0n) is 11.3. The van der Waals surface area contributed by atoms with E-state index in [4.69, 9.17) is 11.6 Å². The Morgan fingerprint density at radius 3 is 2.45 bits per heavy atom. The molecule has 0 bridgehead atoms. The number of aromatic carboxylic acids is 1. The number of carbonyl (C=O) groups is 1. The van der Waals surface area contributed by atoms with Gasteiger partial charge in [0.05, 0.1) is 5.97 Å². The molecule has 0 aliphatic heterocycles. The van der Waals surface area contributed by atoms with Crippen molar-refractivity contribution in [1.82, 2.24) is 0 Å². The first kappa shape index (κ1) is 16.3. The quantitative estimate of drug-likeness (QED) is 0.460. The lowest BCUT2D eigenvalue weighted by molar-refractivity contribution is -0.479. The van der Waals surface area contributed by atoms with Crippen LogP contribution in [0.3, 0.4) is 0 Å². The van der Waals surface area contributed by atoms with Gasteiger partial charge < -0.3 is 9.90 Å². The average Bonchev–Trinajstić information content (AvgIpc) is 2.47. The average molecular weight is 337 g/mol. The molecule has 22 heavy (non-hydrogen) atoms. The fourth-order valence-corrected chi connectivity index (χ4v) is 3.56. The molecule has 0 spiro atoms. The first-order valence-electron chi connectivity index (χ1n) is 6.32. The van der Waals surface area contributed by atoms with E-state index in [1.807, 2.05) is 0 Å². The van der Waals surface area contributed by atoms with Crippen LogP contribution in [0.25, 0.3) is 0 Å². The number of benzene rings is 2. The Kier molecular flexibility index (Phi) is 5.41. The van der Waals surface area contributed by atoms with Gasteiger partial charge in [-0.05, 0) is 17.7 Å². The topological polar surface area (TPSA) is 83.3 Å². The number of rotatable bonds is 6. The standard InChI is InChI=1S/C15H12ClNO4S/c16-12-7-3-1-5-10(12)14(9-17(20)21)22-13-8-4-2-6-11(13)15(18)19/h1-8,14H,9H2,(H,18,19)/p-1. The minimum absolute atomic E-state index is 0.00732. The summed E-state index contributed by atoms with van der Waals surface area (Å²) in [7, 11) is 0. The number of hydrogen-bond donors (Lipinski definition) is 0. The number of hydrogen-bond acceptors (Lipinski definition) is 5. The molecule has 0 amide bonds. The van der Waals surface area contributed by atoms with Gasteiger partial charge in [-0.15, -0.1) is 11.8 Å². The molecule has 2 aromatic carbocycles. The second-order valence-corrected chi connectivity index (χ2v) is 6.08. The monoisotopic (exact) mass is 336 g/mol. The SMILES string of the molecule is O=C([O-])c1ccccc1SC(C[N+](=O)[O-])c1ccccc1Cl. The lowest BCUT2D eigenvalue weighted by atomic mass is 10.1. The normalized spacial score (nSPS) is 11.9. The van der Waals surface area contributed by atoms with Crippen molar-refractivity contribution < 1.29 is 14.8 Å². The molecule has 1 atom stereocenters. The Balaban J connectivity index is 2.38. The molecule has 0 radical (unpaired) electrons. The van der Waals surface area contributed by atoms with Crippen molar-refractivity contribution in [2.45, 2.75) is 10.1 Å². The van der Waals surface area contributed by atoms with E-state index in [2.05, 4.69) is 0 Å². The highest BCUT2D eigenvalue weighted by atomic mass is 35.5. The third-order valence-electron chi connectivity index (χ3n) is 2.94. The fourth-order valence-electron chi connectivity index (χ4n) is 1.96. The zero-order chi connectivity index (χ0) is 16.1. The van der Waals surface area contributed by atoms with E-state index < -0.39 is 16.1 Å². The van der Waals surface area contributed by atoms with Crippen LogP contribution in [0.4, 0.5) is 0 Å². The third kappa shape index (κ3) is 3.99. The molecule has 5 nitrogen and oxygen atoms in total. The van der Waals surface area contributed by atoms with E-state index in [9.17, 15) is 20.0 Å². The molecule has 0 aliphatic rings. The van der Waals surface area contributed by atoms with E-state index in [0.717, 1.165) is 11.8 Å². The molecule has 7 heteroatoms. The van der Waals surface area contributed by atoms with E-state index in [-0.39, 0.29) is 12.1 Å². The van der Waals surface area contributed by atoms with Crippen LogP contribution in [0, 0.1) is 10.1 Å². The summed E-state index contributed by atoms with van der Waals surface area (Å²) >= 11 is 7.20. The van der Waals surface area contributed by atoms with Crippen LogP contribution in [0.2, 0.25) is 5.02 Å². The molecule has 0 saturated heterocycles. The van der Waals surface area contributed by atoms with Crippen molar-refractivity contribution in [2.75, 3.05) is 6.54 Å². The van der Waals surface area contributed by atoms with Crippen LogP contribution >= 0.6 is 23.4 Å². The molecule has 1 unspecified atom stereocenters. The summed E-state index contributed by atoms with van der Waals surface area (Å²) in [6.07, 6.45) is 0. The first-order valence-corrected chi connectivity index (χ1v) is 7.58. The number of carbonyl (C=O) groups excluding carboxylic acids is 1. The van der Waals surface area contributed by atoms with Crippen LogP contribution < -0.4 is 5.11 Å². The Morgan fingerprint density at radius 2 is 1.82 bits per heavy atom. The maximum absolute atomic E-state index is 11.1. The molecule has 2 rings (SSSR count). The summed E-state index contributed by atoms with van der Waals surface area (Å²) in [5.74, 6) is -1.32. The lowest BCUT2D eigenvalue weighted by Crippen LogP contribution is -2.23. The van der Waals surface area contributed by atoms with Crippen molar-refractivity contribution >= 4 is 29.3 Å². The highest BCUT2D eigenvalue weighted by molar-refractivity contribution is 7.99. The Morgan fingerprint density at radius 1 is 1.18 bits per heavy atom. The van der Waals surface area contributed by atoms with Gasteiger partial charge in [-0.3, -0.25) is 10.1 Å². The van der Waals surface area contributed by atoms with Crippen LogP contribution in [-0.2, 0) is 0 Å². The minimum Gasteiger partial charge on any atom is -0.545 e. The van der Waals surface area contributed by atoms with E-state index in [1.165, 1.54) is 6.07 Å². The van der Waals surface area contributed by atoms with Crippen LogP contribution in [-0.4, -0.2) is 17.4 Å². The highest BCUT2D eigenvalue weighted by Crippen LogP contribution is 2.39. The molecule has 114 valence electrons. The number of carboxylic acid groups (broad SMARTS) is 1. The Bertz CT molecular complexity index is 707. The van der Waals surface area contributed by atoms with E-state index >= 15 is 0 Å². The summed E-state index contributed by atoms with van der Waals surface area (Å²) < 4.78 is 0. The molecule has 0 aromatic heterocycles. The van der Waals surface area contributed by atoms with Gasteiger partial charge in [0.25, 0.3) is 0 Å². The molecule has 0 saturated carbocycles. The van der Waals surface area contributed by atoms with Gasteiger partial charge in [0.1, 0.15) is 5.25 Å². The summed E-state index contributed by atoms with van der Waals surface area (Å²) in [4.78, 5) is 22.0. The summed E-state index contributed by atoms with van der Waals surface area (Å²) in [5, 5.41) is 21.9. The zero-order valence-corrected chi connectivity index (χ0v) is 12.8. The number of nitrogens with zero attached hydrogens (tertiary/aromatic N) is 1. The predicted octanol–water partition coefficient (Wildman–Crippen LogP) is 2.81. The van der Waals surface area contributed by atoms with Crippen molar-refractivity contribution in [3.63, 3.8) is 0 Å². The molecule has 0 fully saturated rings. The molecular formula is C15H11ClNO4S-. The van der Waals surface area contributed by atoms with Gasteiger partial charge in [-0.25, -0.2) is 0 Å². The van der Waals surface area contributed by atoms with E-state index in [0.29, 0.717) is 15.5 Å². The number of nitro groups is 1. The summed E-state index contributed by atoms with van der Waals surface area (Å²) in [6.45, 7) is -0.365. The summed E-state index contributed by atoms with van der Waals surface area (Å²) in [5.41, 5.74) is 0.604. The van der Waals surface area contributed by atoms with Crippen molar-refractivity contribution in [3.05, 3.63) is 74.8 Å². The molecule has 0 heterocycles. The Labute approximate surface area is 136 Å². The minimum atomic E-state index is -1.32.